The Balaban J connectivity index is 2.68. The van der Waals surface area contributed by atoms with Gasteiger partial charge in [0.25, 0.3) is 10.9 Å². The molecule has 0 aliphatic heterocycles. The predicted molar refractivity (Wildman–Crippen MR) is 68.3 cm³/mol. The lowest BCUT2D eigenvalue weighted by atomic mass is 10.1. The van der Waals surface area contributed by atoms with E-state index in [2.05, 4.69) is 12.2 Å². The highest BCUT2D eigenvalue weighted by Gasteiger charge is 2.22. The fourth-order valence-corrected chi connectivity index (χ4v) is 1.80. The molecule has 0 aromatic heterocycles. The van der Waals surface area contributed by atoms with E-state index in [1.54, 1.807) is 0 Å². The number of anilines is 2. The number of nitrogens with one attached hydrogen (secondary N) is 1. The highest BCUT2D eigenvalue weighted by Crippen LogP contribution is 2.18. The van der Waals surface area contributed by atoms with Gasteiger partial charge in [0, 0.05) is 20.1 Å². The molecule has 90 valence electrons. The van der Waals surface area contributed by atoms with Gasteiger partial charge in [0.15, 0.2) is 0 Å². The molecule has 0 unspecified atom stereocenters. The smallest absolute Gasteiger partial charge is 0.253 e. The van der Waals surface area contributed by atoms with Crippen molar-refractivity contribution in [2.75, 3.05) is 30.4 Å². The molecule has 0 saturated heterocycles. The fourth-order valence-electron chi connectivity index (χ4n) is 1.80. The van der Waals surface area contributed by atoms with Crippen LogP contribution in [0.5, 0.6) is 0 Å². The van der Waals surface area contributed by atoms with Crippen molar-refractivity contribution in [2.45, 2.75) is 33.1 Å². The van der Waals surface area contributed by atoms with E-state index in [0.29, 0.717) is 17.9 Å². The van der Waals surface area contributed by atoms with Crippen LogP contribution in [0.3, 0.4) is 0 Å². The molecule has 0 aliphatic rings. The first-order valence-electron chi connectivity index (χ1n) is 5.91. The van der Waals surface area contributed by atoms with E-state index in [-0.39, 0.29) is 10.9 Å². The van der Waals surface area contributed by atoms with Gasteiger partial charge in [0.2, 0.25) is 0 Å². The normalized spacial score (nSPS) is 10.7. The molecule has 0 atom stereocenters. The third-order valence-corrected chi connectivity index (χ3v) is 2.72. The molecule has 0 heterocycles. The average molecular weight is 224 g/mol. The zero-order valence-corrected chi connectivity index (χ0v) is 10.3. The fraction of sp³-hybridized carbons (Fsp3) is 0.667. The van der Waals surface area contributed by atoms with Crippen LogP contribution in [0.2, 0.25) is 0 Å². The molecule has 16 heavy (non-hydrogen) atoms. The van der Waals surface area contributed by atoms with Gasteiger partial charge in [0.05, 0.1) is 0 Å². The minimum atomic E-state index is -0.376. The molecule has 0 saturated carbocycles. The van der Waals surface area contributed by atoms with Crippen molar-refractivity contribution in [3.63, 3.8) is 0 Å². The first kappa shape index (κ1) is 12.7. The van der Waals surface area contributed by atoms with Crippen LogP contribution in [-0.4, -0.2) is 20.1 Å². The van der Waals surface area contributed by atoms with Gasteiger partial charge in [-0.1, -0.05) is 19.8 Å². The van der Waals surface area contributed by atoms with Crippen LogP contribution in [0.4, 0.5) is 11.4 Å². The first-order chi connectivity index (χ1) is 7.63. The Bertz CT molecular complexity index is 405. The molecule has 1 N–H and O–H groups in total. The highest BCUT2D eigenvalue weighted by atomic mass is 16.2. The standard InChI is InChI=1S/C12H20N2O2/c1-4-6-7-8-14(3)10-9(13-5-2)11(15)12(10)16/h13H,4-8H2,1-3H3. The van der Waals surface area contributed by atoms with Crippen LogP contribution in [-0.2, 0) is 0 Å². The van der Waals surface area contributed by atoms with Gasteiger partial charge in [-0.15, -0.1) is 0 Å². The number of unbranched alkanes of at least 4 members (excludes halogenated alkanes) is 2. The van der Waals surface area contributed by atoms with E-state index in [0.717, 1.165) is 25.8 Å². The quantitative estimate of drug-likeness (QED) is 0.561. The maximum Gasteiger partial charge on any atom is 0.253 e. The molecule has 0 fully saturated rings. The molecule has 4 heteroatoms. The van der Waals surface area contributed by atoms with Crippen molar-refractivity contribution in [1.82, 2.24) is 0 Å². The zero-order valence-electron chi connectivity index (χ0n) is 10.3. The Hall–Kier alpha value is -1.32. The molecule has 0 spiro atoms. The minimum absolute atomic E-state index is 0.352. The summed E-state index contributed by atoms with van der Waals surface area (Å²) in [5.41, 5.74) is 0.323. The summed E-state index contributed by atoms with van der Waals surface area (Å²) >= 11 is 0. The molecule has 0 amide bonds. The maximum atomic E-state index is 11.4. The second-order valence-corrected chi connectivity index (χ2v) is 4.04. The molecule has 0 aliphatic carbocycles. The molecule has 4 nitrogen and oxygen atoms in total. The molecule has 1 aromatic rings. The van der Waals surface area contributed by atoms with Crippen LogP contribution < -0.4 is 21.1 Å². The summed E-state index contributed by atoms with van der Waals surface area (Å²) in [7, 11) is 1.87. The second kappa shape index (κ2) is 5.68. The summed E-state index contributed by atoms with van der Waals surface area (Å²) in [4.78, 5) is 24.6. The van der Waals surface area contributed by atoms with E-state index >= 15 is 0 Å². The predicted octanol–water partition coefficient (Wildman–Crippen LogP) is 1.34. The summed E-state index contributed by atoms with van der Waals surface area (Å²) < 4.78 is 0. The Kier molecular flexibility index (Phi) is 4.52. The molecule has 1 rings (SSSR count). The second-order valence-electron chi connectivity index (χ2n) is 4.04. The third-order valence-electron chi connectivity index (χ3n) is 2.72. The maximum absolute atomic E-state index is 11.4. The van der Waals surface area contributed by atoms with Crippen LogP contribution in [0.25, 0.3) is 0 Å². The van der Waals surface area contributed by atoms with Crippen LogP contribution in [0.15, 0.2) is 9.59 Å². The van der Waals surface area contributed by atoms with Crippen molar-refractivity contribution in [3.8, 4) is 0 Å². The van der Waals surface area contributed by atoms with Gasteiger partial charge in [-0.2, -0.15) is 0 Å². The van der Waals surface area contributed by atoms with Gasteiger partial charge in [0.1, 0.15) is 11.4 Å². The van der Waals surface area contributed by atoms with Crippen LogP contribution in [0.1, 0.15) is 33.1 Å². The summed E-state index contributed by atoms with van der Waals surface area (Å²) in [5.74, 6) is 0. The van der Waals surface area contributed by atoms with Crippen molar-refractivity contribution in [1.29, 1.82) is 0 Å². The zero-order chi connectivity index (χ0) is 12.1. The molecular weight excluding hydrogens is 204 g/mol. The van der Waals surface area contributed by atoms with Gasteiger partial charge in [-0.25, -0.2) is 0 Å². The van der Waals surface area contributed by atoms with Gasteiger partial charge < -0.3 is 10.2 Å². The van der Waals surface area contributed by atoms with Gasteiger partial charge >= 0.3 is 0 Å². The number of hydrogen-bond acceptors (Lipinski definition) is 4. The molecular formula is C12H20N2O2. The third kappa shape index (κ3) is 2.43. The number of hydrogen-bond donors (Lipinski definition) is 1. The van der Waals surface area contributed by atoms with Crippen molar-refractivity contribution in [3.05, 3.63) is 20.4 Å². The average Bonchev–Trinajstić information content (AvgIpc) is 2.28. The van der Waals surface area contributed by atoms with Crippen molar-refractivity contribution < 1.29 is 0 Å². The first-order valence-corrected chi connectivity index (χ1v) is 5.91. The van der Waals surface area contributed by atoms with Crippen LogP contribution in [0, 0.1) is 0 Å². The lowest BCUT2D eigenvalue weighted by Gasteiger charge is -2.23. The largest absolute Gasteiger partial charge is 0.380 e. The summed E-state index contributed by atoms with van der Waals surface area (Å²) in [6.45, 7) is 5.55. The van der Waals surface area contributed by atoms with E-state index in [1.165, 1.54) is 0 Å². The summed E-state index contributed by atoms with van der Waals surface area (Å²) in [5, 5.41) is 2.95. The lowest BCUT2D eigenvalue weighted by Crippen LogP contribution is -2.41. The van der Waals surface area contributed by atoms with Gasteiger partial charge in [-0.05, 0) is 13.3 Å². The monoisotopic (exact) mass is 224 g/mol. The summed E-state index contributed by atoms with van der Waals surface area (Å²) in [6.07, 6.45) is 3.35. The lowest BCUT2D eigenvalue weighted by molar-refractivity contribution is 0.703. The molecule has 0 bridgehead atoms. The Morgan fingerprint density at radius 2 is 1.81 bits per heavy atom. The van der Waals surface area contributed by atoms with E-state index in [1.807, 2.05) is 18.9 Å². The number of rotatable bonds is 7. The Labute approximate surface area is 96.0 Å². The summed E-state index contributed by atoms with van der Waals surface area (Å²) in [6, 6.07) is 0. The van der Waals surface area contributed by atoms with Crippen molar-refractivity contribution in [2.24, 2.45) is 0 Å². The Morgan fingerprint density at radius 3 is 2.38 bits per heavy atom. The molecule has 1 aromatic carbocycles. The van der Waals surface area contributed by atoms with Crippen LogP contribution >= 0.6 is 0 Å². The SMILES string of the molecule is CCCCCN(C)c1c(NCC)c(=O)c1=O. The highest BCUT2D eigenvalue weighted by molar-refractivity contribution is 5.74. The number of nitrogens with zero attached hydrogens (tertiary/aromatic N) is 1. The van der Waals surface area contributed by atoms with E-state index in [9.17, 15) is 9.59 Å². The van der Waals surface area contributed by atoms with E-state index < -0.39 is 0 Å². The van der Waals surface area contributed by atoms with Gasteiger partial charge in [-0.3, -0.25) is 9.59 Å². The molecule has 0 radical (unpaired) electrons. The topological polar surface area (TPSA) is 49.4 Å². The Morgan fingerprint density at radius 1 is 1.12 bits per heavy atom. The van der Waals surface area contributed by atoms with E-state index in [4.69, 9.17) is 0 Å². The van der Waals surface area contributed by atoms with Crippen molar-refractivity contribution >= 4 is 11.4 Å². The minimum Gasteiger partial charge on any atom is -0.380 e.